The molecule has 172 valence electrons. The van der Waals surface area contributed by atoms with Crippen LogP contribution in [0.1, 0.15) is 67.2 Å². The number of hydrogen-bond acceptors (Lipinski definition) is 3. The summed E-state index contributed by atoms with van der Waals surface area (Å²) in [6.45, 7) is 5.57. The van der Waals surface area contributed by atoms with E-state index in [2.05, 4.69) is 68.4 Å². The Bertz CT molecular complexity index is 1070. The average Bonchev–Trinajstić information content (AvgIpc) is 2.84. The maximum absolute atomic E-state index is 11.0. The van der Waals surface area contributed by atoms with E-state index in [0.29, 0.717) is 18.9 Å². The number of fused-ring (bicyclic) bond motifs is 1. The molecular formula is C30H34O3. The van der Waals surface area contributed by atoms with Crippen LogP contribution in [0.5, 0.6) is 11.5 Å². The highest BCUT2D eigenvalue weighted by atomic mass is 16.5. The average molecular weight is 443 g/mol. The van der Waals surface area contributed by atoms with Crippen LogP contribution >= 0.6 is 0 Å². The maximum atomic E-state index is 11.0. The molecule has 3 aromatic carbocycles. The smallest absolute Gasteiger partial charge is 0.127 e. The molecule has 0 saturated heterocycles. The van der Waals surface area contributed by atoms with Crippen molar-refractivity contribution in [1.82, 2.24) is 0 Å². The second-order valence-corrected chi connectivity index (χ2v) is 9.04. The van der Waals surface area contributed by atoms with Gasteiger partial charge < -0.3 is 14.3 Å². The van der Waals surface area contributed by atoms with E-state index >= 15 is 0 Å². The Labute approximate surface area is 197 Å². The van der Waals surface area contributed by atoms with Crippen molar-refractivity contribution >= 4 is 6.29 Å². The molecule has 1 aliphatic rings. The molecule has 3 nitrogen and oxygen atoms in total. The van der Waals surface area contributed by atoms with E-state index in [0.717, 1.165) is 73.2 Å². The Morgan fingerprint density at radius 3 is 2.64 bits per heavy atom. The van der Waals surface area contributed by atoms with E-state index in [1.54, 1.807) is 0 Å². The number of aryl methyl sites for hydroxylation is 2. The zero-order chi connectivity index (χ0) is 23.0. The van der Waals surface area contributed by atoms with Gasteiger partial charge in [-0.3, -0.25) is 0 Å². The van der Waals surface area contributed by atoms with Crippen LogP contribution in [0.25, 0.3) is 11.1 Å². The minimum absolute atomic E-state index is 0.366. The van der Waals surface area contributed by atoms with Crippen LogP contribution in [0.3, 0.4) is 0 Å². The lowest BCUT2D eigenvalue weighted by Crippen LogP contribution is -2.10. The lowest BCUT2D eigenvalue weighted by Gasteiger charge is -2.24. The fourth-order valence-corrected chi connectivity index (χ4v) is 4.61. The van der Waals surface area contributed by atoms with Gasteiger partial charge in [0.25, 0.3) is 0 Å². The van der Waals surface area contributed by atoms with Crippen molar-refractivity contribution in [3.05, 3.63) is 82.9 Å². The molecule has 3 heteroatoms. The van der Waals surface area contributed by atoms with Crippen molar-refractivity contribution in [3.8, 4) is 22.6 Å². The summed E-state index contributed by atoms with van der Waals surface area (Å²) in [5.41, 5.74) is 7.30. The molecule has 33 heavy (non-hydrogen) atoms. The van der Waals surface area contributed by atoms with Crippen molar-refractivity contribution in [2.24, 2.45) is 0 Å². The first kappa shape index (κ1) is 23.1. The zero-order valence-corrected chi connectivity index (χ0v) is 19.8. The first-order valence-corrected chi connectivity index (χ1v) is 12.2. The van der Waals surface area contributed by atoms with Crippen LogP contribution < -0.4 is 9.47 Å². The van der Waals surface area contributed by atoms with Crippen molar-refractivity contribution in [3.63, 3.8) is 0 Å². The second kappa shape index (κ2) is 11.2. The number of ether oxygens (including phenoxy) is 2. The van der Waals surface area contributed by atoms with Crippen molar-refractivity contribution in [1.29, 1.82) is 0 Å². The Morgan fingerprint density at radius 2 is 1.85 bits per heavy atom. The minimum atomic E-state index is 0.366. The molecule has 0 N–H and O–H groups in total. The van der Waals surface area contributed by atoms with Crippen molar-refractivity contribution in [2.45, 2.75) is 64.9 Å². The Kier molecular flexibility index (Phi) is 7.83. The lowest BCUT2D eigenvalue weighted by molar-refractivity contribution is -0.108. The predicted molar refractivity (Wildman–Crippen MR) is 134 cm³/mol. The van der Waals surface area contributed by atoms with Crippen molar-refractivity contribution < 1.29 is 14.3 Å². The Hall–Kier alpha value is -3.07. The summed E-state index contributed by atoms with van der Waals surface area (Å²) in [5, 5.41) is 0. The van der Waals surface area contributed by atoms with Crippen LogP contribution in [0.2, 0.25) is 0 Å². The summed E-state index contributed by atoms with van der Waals surface area (Å²) in [4.78, 5) is 11.0. The number of benzene rings is 3. The van der Waals surface area contributed by atoms with E-state index < -0.39 is 0 Å². The predicted octanol–water partition coefficient (Wildman–Crippen LogP) is 7.43. The molecule has 4 rings (SSSR count). The third kappa shape index (κ3) is 5.84. The van der Waals surface area contributed by atoms with Gasteiger partial charge in [0, 0.05) is 12.0 Å². The fraction of sp³-hybridized carbons (Fsp3) is 0.367. The standard InChI is InChI=1S/C30H34O3/c1-3-4-18-32-30-15-8-22(2)19-29(30)25-11-9-23(10-12-25)21-33-27-13-14-28-24(16-17-31)6-5-7-26(28)20-27/h8-15,17,19-20,24H,3-7,16,18,21H2,1-2H3. The third-order valence-electron chi connectivity index (χ3n) is 6.49. The van der Waals surface area contributed by atoms with E-state index in [1.807, 2.05) is 6.07 Å². The highest BCUT2D eigenvalue weighted by molar-refractivity contribution is 5.71. The van der Waals surface area contributed by atoms with Crippen molar-refractivity contribution in [2.75, 3.05) is 6.61 Å². The topological polar surface area (TPSA) is 35.5 Å². The molecule has 0 saturated carbocycles. The summed E-state index contributed by atoms with van der Waals surface area (Å²) < 4.78 is 12.2. The first-order valence-electron chi connectivity index (χ1n) is 12.2. The minimum Gasteiger partial charge on any atom is -0.493 e. The summed E-state index contributed by atoms with van der Waals surface area (Å²) >= 11 is 0. The molecular weight excluding hydrogens is 408 g/mol. The molecule has 0 aromatic heterocycles. The van der Waals surface area contributed by atoms with E-state index in [4.69, 9.17) is 9.47 Å². The van der Waals surface area contributed by atoms with Gasteiger partial charge in [0.05, 0.1) is 6.61 Å². The second-order valence-electron chi connectivity index (χ2n) is 9.04. The van der Waals surface area contributed by atoms with Crippen LogP contribution in [-0.2, 0) is 17.8 Å². The van der Waals surface area contributed by atoms with Gasteiger partial charge >= 0.3 is 0 Å². The zero-order valence-electron chi connectivity index (χ0n) is 19.8. The van der Waals surface area contributed by atoms with Gasteiger partial charge in [-0.1, -0.05) is 55.3 Å². The molecule has 0 radical (unpaired) electrons. The molecule has 0 aliphatic heterocycles. The monoisotopic (exact) mass is 442 g/mol. The SMILES string of the molecule is CCCCOc1ccc(C)cc1-c1ccc(COc2ccc3c(c2)CCCC3CC=O)cc1. The number of rotatable bonds is 10. The largest absolute Gasteiger partial charge is 0.493 e. The third-order valence-corrected chi connectivity index (χ3v) is 6.49. The fourth-order valence-electron chi connectivity index (χ4n) is 4.61. The highest BCUT2D eigenvalue weighted by Crippen LogP contribution is 2.36. The number of aldehydes is 1. The molecule has 0 heterocycles. The van der Waals surface area contributed by atoms with Gasteiger partial charge in [0.2, 0.25) is 0 Å². The maximum Gasteiger partial charge on any atom is 0.127 e. The highest BCUT2D eigenvalue weighted by Gasteiger charge is 2.20. The number of carbonyl (C=O) groups is 1. The van der Waals surface area contributed by atoms with Crippen LogP contribution in [0.4, 0.5) is 0 Å². The Morgan fingerprint density at radius 1 is 1.00 bits per heavy atom. The van der Waals surface area contributed by atoms with Crippen LogP contribution in [0, 0.1) is 6.92 Å². The number of unbranched alkanes of at least 4 members (excludes halogenated alkanes) is 1. The van der Waals surface area contributed by atoms with E-state index in [1.165, 1.54) is 16.7 Å². The number of hydrogen-bond donors (Lipinski definition) is 0. The van der Waals surface area contributed by atoms with Crippen LogP contribution in [-0.4, -0.2) is 12.9 Å². The van der Waals surface area contributed by atoms with Gasteiger partial charge in [-0.25, -0.2) is 0 Å². The van der Waals surface area contributed by atoms with Gasteiger partial charge in [-0.2, -0.15) is 0 Å². The summed E-state index contributed by atoms with van der Waals surface area (Å²) in [6, 6.07) is 21.3. The van der Waals surface area contributed by atoms with E-state index in [9.17, 15) is 4.79 Å². The van der Waals surface area contributed by atoms with Crippen LogP contribution in [0.15, 0.2) is 60.7 Å². The molecule has 0 spiro atoms. The molecule has 1 atom stereocenters. The molecule has 1 unspecified atom stereocenters. The summed E-state index contributed by atoms with van der Waals surface area (Å²) in [6.07, 6.45) is 7.15. The van der Waals surface area contributed by atoms with Gasteiger partial charge in [-0.15, -0.1) is 0 Å². The molecule has 0 amide bonds. The van der Waals surface area contributed by atoms with Gasteiger partial charge in [-0.05, 0) is 85.0 Å². The molecule has 3 aromatic rings. The Balaban J connectivity index is 1.43. The summed E-state index contributed by atoms with van der Waals surface area (Å²) in [7, 11) is 0. The first-order chi connectivity index (χ1) is 16.2. The molecule has 0 bridgehead atoms. The molecule has 1 aliphatic carbocycles. The van der Waals surface area contributed by atoms with E-state index in [-0.39, 0.29) is 0 Å². The quantitative estimate of drug-likeness (QED) is 0.242. The van der Waals surface area contributed by atoms with Gasteiger partial charge in [0.1, 0.15) is 24.4 Å². The molecule has 0 fully saturated rings. The summed E-state index contributed by atoms with van der Waals surface area (Å²) in [5.74, 6) is 2.21. The normalized spacial score (nSPS) is 15.0. The van der Waals surface area contributed by atoms with Gasteiger partial charge in [0.15, 0.2) is 0 Å². The number of carbonyl (C=O) groups excluding carboxylic acids is 1. The lowest BCUT2D eigenvalue weighted by atomic mass is 9.81.